The largest absolute Gasteiger partial charge is 0.490 e. The van der Waals surface area contributed by atoms with Crippen molar-refractivity contribution in [1.82, 2.24) is 14.8 Å². The fourth-order valence-electron chi connectivity index (χ4n) is 5.83. The molecular weight excluding hydrogens is 707 g/mol. The third-order valence-corrected chi connectivity index (χ3v) is 10.0. The van der Waals surface area contributed by atoms with Crippen LogP contribution in [0.25, 0.3) is 0 Å². The number of hydrogen-bond acceptors (Lipinski definition) is 8. The second-order valence-electron chi connectivity index (χ2n) is 11.4. The number of carbonyl (C=O) groups excluding carboxylic acids is 1. The van der Waals surface area contributed by atoms with E-state index in [1.54, 1.807) is 22.9 Å². The second kappa shape index (κ2) is 15.1. The summed E-state index contributed by atoms with van der Waals surface area (Å²) >= 11 is 11.4. The van der Waals surface area contributed by atoms with Crippen LogP contribution in [0.5, 0.6) is 11.5 Å². The van der Waals surface area contributed by atoms with Crippen molar-refractivity contribution < 1.29 is 23.4 Å². The van der Waals surface area contributed by atoms with Crippen LogP contribution in [0.1, 0.15) is 68.7 Å². The molecule has 47 heavy (non-hydrogen) atoms. The van der Waals surface area contributed by atoms with Crippen LogP contribution in [0.15, 0.2) is 81.6 Å². The van der Waals surface area contributed by atoms with Gasteiger partial charge in [0.25, 0.3) is 0 Å². The van der Waals surface area contributed by atoms with Gasteiger partial charge >= 0.3 is 5.97 Å². The van der Waals surface area contributed by atoms with Crippen molar-refractivity contribution in [2.24, 2.45) is 0 Å². The molecule has 8 nitrogen and oxygen atoms in total. The van der Waals surface area contributed by atoms with Crippen molar-refractivity contribution in [3.63, 3.8) is 0 Å². The first-order valence-electron chi connectivity index (χ1n) is 15.7. The molecule has 12 heteroatoms. The number of halogens is 3. The Labute approximate surface area is 291 Å². The first kappa shape index (κ1) is 33.4. The first-order chi connectivity index (χ1) is 22.8. The van der Waals surface area contributed by atoms with Gasteiger partial charge in [-0.25, -0.2) is 13.9 Å². The van der Waals surface area contributed by atoms with Crippen LogP contribution in [0.4, 0.5) is 10.3 Å². The second-order valence-corrected chi connectivity index (χ2v) is 13.6. The van der Waals surface area contributed by atoms with Crippen LogP contribution in [-0.4, -0.2) is 33.4 Å². The van der Waals surface area contributed by atoms with Crippen LogP contribution in [-0.2, 0) is 21.9 Å². The summed E-state index contributed by atoms with van der Waals surface area (Å²) in [6, 6.07) is 17.2. The maximum Gasteiger partial charge on any atom is 0.338 e. The van der Waals surface area contributed by atoms with Gasteiger partial charge in [0, 0.05) is 22.0 Å². The molecule has 0 amide bonds. The van der Waals surface area contributed by atoms with Crippen LogP contribution in [0.3, 0.4) is 0 Å². The highest BCUT2D eigenvalue weighted by molar-refractivity contribution is 9.10. The van der Waals surface area contributed by atoms with Crippen molar-refractivity contribution in [3.8, 4) is 11.5 Å². The Morgan fingerprint density at radius 2 is 1.83 bits per heavy atom. The smallest absolute Gasteiger partial charge is 0.338 e. The van der Waals surface area contributed by atoms with Gasteiger partial charge in [0.1, 0.15) is 24.6 Å². The van der Waals surface area contributed by atoms with E-state index in [4.69, 9.17) is 35.9 Å². The molecule has 0 bridgehead atoms. The highest BCUT2D eigenvalue weighted by Gasteiger charge is 2.37. The van der Waals surface area contributed by atoms with Crippen molar-refractivity contribution >= 4 is 51.2 Å². The number of rotatable bonds is 11. The predicted octanol–water partition coefficient (Wildman–Crippen LogP) is 9.27. The maximum atomic E-state index is 14.4. The predicted molar refractivity (Wildman–Crippen MR) is 185 cm³/mol. The number of hydrogen-bond donors (Lipinski definition) is 1. The summed E-state index contributed by atoms with van der Waals surface area (Å²) in [5.74, 6) is 1.14. The molecule has 1 aliphatic heterocycles. The Kier molecular flexibility index (Phi) is 10.7. The van der Waals surface area contributed by atoms with Crippen molar-refractivity contribution in [2.75, 3.05) is 11.9 Å². The molecule has 1 saturated carbocycles. The van der Waals surface area contributed by atoms with Gasteiger partial charge in [0.2, 0.25) is 11.1 Å². The van der Waals surface area contributed by atoms with Gasteiger partial charge in [-0.2, -0.15) is 4.98 Å². The summed E-state index contributed by atoms with van der Waals surface area (Å²) in [5.41, 5.74) is 3.16. The van der Waals surface area contributed by atoms with Gasteiger partial charge in [-0.1, -0.05) is 66.2 Å². The van der Waals surface area contributed by atoms with Gasteiger partial charge in [-0.3, -0.25) is 0 Å². The van der Waals surface area contributed by atoms with Crippen molar-refractivity contribution in [2.45, 2.75) is 75.6 Å². The van der Waals surface area contributed by atoms with Crippen LogP contribution in [0.2, 0.25) is 5.02 Å². The molecule has 0 spiro atoms. The van der Waals surface area contributed by atoms with Gasteiger partial charge in [-0.15, -0.1) is 5.10 Å². The number of nitrogens with one attached hydrogen (secondary N) is 1. The standard InChI is InChI=1S/C35H35BrClFN4O4S/c1-3-44-29-18-24(17-26(36)32(29)45-19-22-11-7-9-15-27(22)37)31-30(33(43)46-25-13-5-4-6-14-25)21(2)39-34-40-35(41-42(31)34)47-20-23-12-8-10-16-28(23)38/h7-12,15-18,25,31H,3-6,13-14,19-20H2,1-2H3,(H,39,40,41). The van der Waals surface area contributed by atoms with E-state index in [9.17, 15) is 9.18 Å². The SMILES string of the molecule is CCOc1cc(C2C(C(=O)OC3CCCCC3)=C(C)Nc3nc(SCc4ccccc4F)nn32)cc(Br)c1OCc1ccccc1Cl. The monoisotopic (exact) mass is 740 g/mol. The molecule has 6 rings (SSSR count). The molecule has 1 aliphatic carbocycles. The lowest BCUT2D eigenvalue weighted by molar-refractivity contribution is -0.146. The highest BCUT2D eigenvalue weighted by atomic mass is 79.9. The minimum absolute atomic E-state index is 0.132. The number of fused-ring (bicyclic) bond motifs is 1. The molecule has 2 heterocycles. The number of anilines is 1. The number of carbonyl (C=O) groups is 1. The van der Waals surface area contributed by atoms with Gasteiger partial charge in [0.15, 0.2) is 11.5 Å². The molecule has 0 saturated heterocycles. The summed E-state index contributed by atoms with van der Waals surface area (Å²) in [7, 11) is 0. The number of nitrogens with zero attached hydrogens (tertiary/aromatic N) is 3. The lowest BCUT2D eigenvalue weighted by atomic mass is 9.94. The summed E-state index contributed by atoms with van der Waals surface area (Å²) < 4.78 is 35.1. The van der Waals surface area contributed by atoms with E-state index in [0.717, 1.165) is 43.2 Å². The molecule has 0 radical (unpaired) electrons. The average molecular weight is 742 g/mol. The van der Waals surface area contributed by atoms with Crippen molar-refractivity contribution in [3.05, 3.63) is 104 Å². The molecule has 1 atom stereocenters. The lowest BCUT2D eigenvalue weighted by Crippen LogP contribution is -2.32. The number of esters is 1. The summed E-state index contributed by atoms with van der Waals surface area (Å²) in [4.78, 5) is 18.7. The maximum absolute atomic E-state index is 14.4. The molecule has 1 aromatic heterocycles. The molecule has 246 valence electrons. The minimum atomic E-state index is -0.689. The van der Waals surface area contributed by atoms with E-state index in [-0.39, 0.29) is 18.5 Å². The van der Waals surface area contributed by atoms with E-state index in [0.29, 0.717) is 61.3 Å². The number of ether oxygens (including phenoxy) is 3. The number of allylic oxidation sites excluding steroid dienone is 1. The number of thioether (sulfide) groups is 1. The van der Waals surface area contributed by atoms with Crippen LogP contribution >= 0.6 is 39.3 Å². The van der Waals surface area contributed by atoms with E-state index in [1.807, 2.05) is 50.2 Å². The first-order valence-corrected chi connectivity index (χ1v) is 17.8. The average Bonchev–Trinajstić information content (AvgIpc) is 3.47. The zero-order valence-corrected chi connectivity index (χ0v) is 29.3. The number of aromatic nitrogens is 3. The van der Waals surface area contributed by atoms with Crippen molar-refractivity contribution in [1.29, 1.82) is 0 Å². The Morgan fingerprint density at radius 1 is 1.09 bits per heavy atom. The molecule has 3 aromatic carbocycles. The topological polar surface area (TPSA) is 87.5 Å². The van der Waals surface area contributed by atoms with Gasteiger partial charge in [0.05, 0.1) is 16.7 Å². The third kappa shape index (κ3) is 7.63. The van der Waals surface area contributed by atoms with E-state index >= 15 is 0 Å². The Bertz CT molecular complexity index is 1800. The van der Waals surface area contributed by atoms with E-state index in [2.05, 4.69) is 21.2 Å². The molecular formula is C35H35BrClFN4O4S. The quantitative estimate of drug-likeness (QED) is 0.120. The van der Waals surface area contributed by atoms with E-state index in [1.165, 1.54) is 17.8 Å². The van der Waals surface area contributed by atoms with Gasteiger partial charge in [-0.05, 0) is 90.9 Å². The van der Waals surface area contributed by atoms with Gasteiger partial charge < -0.3 is 19.5 Å². The lowest BCUT2D eigenvalue weighted by Gasteiger charge is -2.30. The molecule has 1 unspecified atom stereocenters. The summed E-state index contributed by atoms with van der Waals surface area (Å²) in [5, 5.41) is 9.14. The Balaban J connectivity index is 1.37. The molecule has 1 fully saturated rings. The Hall–Kier alpha value is -3.54. The fraction of sp³-hybridized carbons (Fsp3) is 0.343. The third-order valence-electron chi connectivity index (χ3n) is 8.17. The van der Waals surface area contributed by atoms with Crippen LogP contribution in [0, 0.1) is 5.82 Å². The minimum Gasteiger partial charge on any atom is -0.490 e. The number of benzene rings is 3. The zero-order valence-electron chi connectivity index (χ0n) is 26.1. The fourth-order valence-corrected chi connectivity index (χ4v) is 7.41. The Morgan fingerprint density at radius 3 is 2.57 bits per heavy atom. The van der Waals surface area contributed by atoms with Crippen LogP contribution < -0.4 is 14.8 Å². The van der Waals surface area contributed by atoms with E-state index < -0.39 is 12.0 Å². The molecule has 1 N–H and O–H groups in total. The summed E-state index contributed by atoms with van der Waals surface area (Å²) in [6.45, 7) is 4.36. The normalized spacial score (nSPS) is 16.4. The summed E-state index contributed by atoms with van der Waals surface area (Å²) in [6.07, 6.45) is 4.78. The zero-order chi connectivity index (χ0) is 32.9. The molecule has 4 aromatic rings. The molecule has 2 aliphatic rings. The highest BCUT2D eigenvalue weighted by Crippen LogP contribution is 2.44.